The molecule has 110 valence electrons. The lowest BCUT2D eigenvalue weighted by Gasteiger charge is -2.23. The summed E-state index contributed by atoms with van der Waals surface area (Å²) in [4.78, 5) is 12.8. The Labute approximate surface area is 122 Å². The van der Waals surface area contributed by atoms with Crippen molar-refractivity contribution in [1.82, 2.24) is 0 Å². The maximum absolute atomic E-state index is 12.8. The SMILES string of the molecule is CC(C)c1ccc(C(=O)C2CCOCC2)c(C(C)C)c1. The number of carbonyl (C=O) groups is 1. The average Bonchev–Trinajstić information content (AvgIpc) is 2.46. The van der Waals surface area contributed by atoms with Crippen molar-refractivity contribution in [3.63, 3.8) is 0 Å². The van der Waals surface area contributed by atoms with Gasteiger partial charge in [0.15, 0.2) is 5.78 Å². The molecule has 0 atom stereocenters. The molecule has 1 saturated heterocycles. The van der Waals surface area contributed by atoms with Crippen molar-refractivity contribution in [3.05, 3.63) is 34.9 Å². The highest BCUT2D eigenvalue weighted by Crippen LogP contribution is 2.29. The van der Waals surface area contributed by atoms with Crippen LogP contribution in [0.15, 0.2) is 18.2 Å². The number of hydrogen-bond donors (Lipinski definition) is 0. The lowest BCUT2D eigenvalue weighted by molar-refractivity contribution is 0.0544. The lowest BCUT2D eigenvalue weighted by atomic mass is 9.84. The first-order valence-electron chi connectivity index (χ1n) is 7.76. The molecule has 2 rings (SSSR count). The maximum atomic E-state index is 12.8. The summed E-state index contributed by atoms with van der Waals surface area (Å²) in [6, 6.07) is 6.38. The second-order valence-corrected chi connectivity index (χ2v) is 6.41. The largest absolute Gasteiger partial charge is 0.381 e. The minimum absolute atomic E-state index is 0.145. The number of carbonyl (C=O) groups excluding carboxylic acids is 1. The molecule has 0 radical (unpaired) electrons. The fourth-order valence-electron chi connectivity index (χ4n) is 2.82. The quantitative estimate of drug-likeness (QED) is 0.753. The third-order valence-corrected chi connectivity index (χ3v) is 4.22. The Hall–Kier alpha value is -1.15. The zero-order valence-corrected chi connectivity index (χ0v) is 13.1. The van der Waals surface area contributed by atoms with Crippen LogP contribution in [0, 0.1) is 5.92 Å². The smallest absolute Gasteiger partial charge is 0.166 e. The molecule has 1 aliphatic heterocycles. The summed E-state index contributed by atoms with van der Waals surface area (Å²) in [5.74, 6) is 1.34. The van der Waals surface area contributed by atoms with Crippen molar-refractivity contribution in [2.75, 3.05) is 13.2 Å². The standard InChI is InChI=1S/C18H26O2/c1-12(2)15-5-6-16(17(11-15)13(3)4)18(19)14-7-9-20-10-8-14/h5-6,11-14H,7-10H2,1-4H3. The van der Waals surface area contributed by atoms with Gasteiger partial charge in [0.1, 0.15) is 0 Å². The van der Waals surface area contributed by atoms with Gasteiger partial charge in [-0.3, -0.25) is 4.79 Å². The Morgan fingerprint density at radius 1 is 1.10 bits per heavy atom. The summed E-state index contributed by atoms with van der Waals surface area (Å²) < 4.78 is 5.36. The van der Waals surface area contributed by atoms with E-state index in [9.17, 15) is 4.79 Å². The van der Waals surface area contributed by atoms with Crippen LogP contribution in [-0.2, 0) is 4.74 Å². The van der Waals surface area contributed by atoms with Gasteiger partial charge < -0.3 is 4.74 Å². The zero-order valence-electron chi connectivity index (χ0n) is 13.1. The first kappa shape index (κ1) is 15.2. The van der Waals surface area contributed by atoms with Crippen LogP contribution in [0.3, 0.4) is 0 Å². The molecular weight excluding hydrogens is 248 g/mol. The molecule has 1 aromatic rings. The topological polar surface area (TPSA) is 26.3 Å². The van der Waals surface area contributed by atoms with E-state index in [0.29, 0.717) is 17.6 Å². The number of Topliss-reactive ketones (excluding diaryl/α,β-unsaturated/α-hetero) is 1. The van der Waals surface area contributed by atoms with Gasteiger partial charge in [-0.05, 0) is 35.8 Å². The van der Waals surface area contributed by atoms with Crippen LogP contribution >= 0.6 is 0 Å². The molecule has 1 heterocycles. The number of rotatable bonds is 4. The molecule has 0 aliphatic carbocycles. The molecule has 0 saturated carbocycles. The molecule has 20 heavy (non-hydrogen) atoms. The molecule has 0 bridgehead atoms. The molecular formula is C18H26O2. The van der Waals surface area contributed by atoms with Gasteiger partial charge in [0, 0.05) is 24.7 Å². The van der Waals surface area contributed by atoms with Crippen LogP contribution < -0.4 is 0 Å². The predicted octanol–water partition coefficient (Wildman–Crippen LogP) is 4.54. The van der Waals surface area contributed by atoms with E-state index < -0.39 is 0 Å². The molecule has 1 fully saturated rings. The van der Waals surface area contributed by atoms with Crippen molar-refractivity contribution in [3.8, 4) is 0 Å². The Morgan fingerprint density at radius 3 is 2.30 bits per heavy atom. The van der Waals surface area contributed by atoms with Gasteiger partial charge in [0.05, 0.1) is 0 Å². The van der Waals surface area contributed by atoms with E-state index in [-0.39, 0.29) is 5.92 Å². The van der Waals surface area contributed by atoms with Crippen molar-refractivity contribution >= 4 is 5.78 Å². The summed E-state index contributed by atoms with van der Waals surface area (Å²) in [5.41, 5.74) is 3.45. The molecule has 1 aromatic carbocycles. The molecule has 0 N–H and O–H groups in total. The van der Waals surface area contributed by atoms with E-state index in [1.54, 1.807) is 0 Å². The Kier molecular flexibility index (Phi) is 4.98. The van der Waals surface area contributed by atoms with Crippen molar-refractivity contribution < 1.29 is 9.53 Å². The molecule has 0 amide bonds. The van der Waals surface area contributed by atoms with E-state index in [2.05, 4.69) is 39.8 Å². The molecule has 0 spiro atoms. The highest BCUT2D eigenvalue weighted by atomic mass is 16.5. The number of hydrogen-bond acceptors (Lipinski definition) is 2. The molecule has 2 nitrogen and oxygen atoms in total. The third-order valence-electron chi connectivity index (χ3n) is 4.22. The summed E-state index contributed by atoms with van der Waals surface area (Å²) >= 11 is 0. The van der Waals surface area contributed by atoms with E-state index in [0.717, 1.165) is 31.6 Å². The number of ketones is 1. The van der Waals surface area contributed by atoms with Crippen LogP contribution in [0.25, 0.3) is 0 Å². The zero-order chi connectivity index (χ0) is 14.7. The molecule has 0 unspecified atom stereocenters. The van der Waals surface area contributed by atoms with Crippen LogP contribution in [0.4, 0.5) is 0 Å². The second kappa shape index (κ2) is 6.53. The van der Waals surface area contributed by atoms with E-state index in [1.807, 2.05) is 6.07 Å². The first-order chi connectivity index (χ1) is 9.50. The summed E-state index contributed by atoms with van der Waals surface area (Å²) in [5, 5.41) is 0. The van der Waals surface area contributed by atoms with Crippen LogP contribution in [0.5, 0.6) is 0 Å². The minimum Gasteiger partial charge on any atom is -0.381 e. The second-order valence-electron chi connectivity index (χ2n) is 6.41. The van der Waals surface area contributed by atoms with Gasteiger partial charge in [-0.15, -0.1) is 0 Å². The average molecular weight is 274 g/mol. The fraction of sp³-hybridized carbons (Fsp3) is 0.611. The minimum atomic E-state index is 0.145. The molecule has 0 aromatic heterocycles. The monoisotopic (exact) mass is 274 g/mol. The number of ether oxygens (including phenoxy) is 1. The van der Waals surface area contributed by atoms with Gasteiger partial charge in [-0.2, -0.15) is 0 Å². The van der Waals surface area contributed by atoms with E-state index in [4.69, 9.17) is 4.74 Å². The van der Waals surface area contributed by atoms with Crippen molar-refractivity contribution in [1.29, 1.82) is 0 Å². The Morgan fingerprint density at radius 2 is 1.75 bits per heavy atom. The van der Waals surface area contributed by atoms with Crippen LogP contribution in [-0.4, -0.2) is 19.0 Å². The Balaban J connectivity index is 2.32. The maximum Gasteiger partial charge on any atom is 0.166 e. The Bertz CT molecular complexity index is 468. The lowest BCUT2D eigenvalue weighted by Crippen LogP contribution is -2.24. The van der Waals surface area contributed by atoms with Crippen LogP contribution in [0.2, 0.25) is 0 Å². The van der Waals surface area contributed by atoms with Gasteiger partial charge in [-0.1, -0.05) is 45.9 Å². The number of benzene rings is 1. The summed E-state index contributed by atoms with van der Waals surface area (Å²) in [7, 11) is 0. The van der Waals surface area contributed by atoms with Crippen LogP contribution in [0.1, 0.15) is 73.9 Å². The highest BCUT2D eigenvalue weighted by molar-refractivity contribution is 5.99. The van der Waals surface area contributed by atoms with Gasteiger partial charge in [0.2, 0.25) is 0 Å². The van der Waals surface area contributed by atoms with Gasteiger partial charge >= 0.3 is 0 Å². The van der Waals surface area contributed by atoms with E-state index >= 15 is 0 Å². The fourth-order valence-corrected chi connectivity index (χ4v) is 2.82. The summed E-state index contributed by atoms with van der Waals surface area (Å²) in [6.45, 7) is 10.2. The molecule has 1 aliphatic rings. The van der Waals surface area contributed by atoms with Crippen molar-refractivity contribution in [2.24, 2.45) is 5.92 Å². The van der Waals surface area contributed by atoms with Gasteiger partial charge in [-0.25, -0.2) is 0 Å². The third kappa shape index (κ3) is 3.29. The van der Waals surface area contributed by atoms with Gasteiger partial charge in [0.25, 0.3) is 0 Å². The van der Waals surface area contributed by atoms with E-state index in [1.165, 1.54) is 11.1 Å². The normalized spacial score (nSPS) is 16.9. The first-order valence-corrected chi connectivity index (χ1v) is 7.76. The highest BCUT2D eigenvalue weighted by Gasteiger charge is 2.25. The predicted molar refractivity (Wildman–Crippen MR) is 82.5 cm³/mol. The van der Waals surface area contributed by atoms with Crippen molar-refractivity contribution in [2.45, 2.75) is 52.4 Å². The molecule has 2 heteroatoms. The summed E-state index contributed by atoms with van der Waals surface area (Å²) in [6.07, 6.45) is 1.73.